The highest BCUT2D eigenvalue weighted by molar-refractivity contribution is 5.74. The summed E-state index contributed by atoms with van der Waals surface area (Å²) >= 11 is 0. The quantitative estimate of drug-likeness (QED) is 0.675. The number of nitrogens with zero attached hydrogens (tertiary/aromatic N) is 2. The highest BCUT2D eigenvalue weighted by Crippen LogP contribution is 2.35. The molecule has 1 aliphatic heterocycles. The second kappa shape index (κ2) is 5.20. The molecule has 1 saturated heterocycles. The van der Waals surface area contributed by atoms with Gasteiger partial charge in [0, 0.05) is 24.7 Å². The summed E-state index contributed by atoms with van der Waals surface area (Å²) in [5.74, 6) is -0.786. The maximum absolute atomic E-state index is 11.3. The highest BCUT2D eigenvalue weighted by atomic mass is 16.6. The fourth-order valence-electron chi connectivity index (χ4n) is 2.61. The summed E-state index contributed by atoms with van der Waals surface area (Å²) in [4.78, 5) is 23.7. The van der Waals surface area contributed by atoms with E-state index >= 15 is 0 Å². The molecule has 0 bridgehead atoms. The zero-order valence-corrected chi connectivity index (χ0v) is 11.6. The maximum atomic E-state index is 11.3. The molecule has 2 atom stereocenters. The van der Waals surface area contributed by atoms with E-state index in [1.807, 2.05) is 13.0 Å². The van der Waals surface area contributed by atoms with Crippen LogP contribution < -0.4 is 0 Å². The number of carboxylic acids is 1. The minimum Gasteiger partial charge on any atom is -0.481 e. The minimum absolute atomic E-state index is 0.0314. The molecule has 1 aromatic carbocycles. The Morgan fingerprint density at radius 3 is 2.80 bits per heavy atom. The van der Waals surface area contributed by atoms with Crippen molar-refractivity contribution in [3.8, 4) is 0 Å². The van der Waals surface area contributed by atoms with Gasteiger partial charge in [-0.05, 0) is 32.4 Å². The van der Waals surface area contributed by atoms with Crippen molar-refractivity contribution >= 4 is 11.7 Å². The van der Waals surface area contributed by atoms with Crippen LogP contribution in [0.1, 0.15) is 31.9 Å². The van der Waals surface area contributed by atoms with Gasteiger partial charge in [0.15, 0.2) is 0 Å². The Bertz CT molecular complexity index is 546. The number of aliphatic carboxylic acids is 1. The largest absolute Gasteiger partial charge is 0.481 e. The minimum atomic E-state index is -0.786. The molecule has 1 fully saturated rings. The Balaban J connectivity index is 2.17. The number of rotatable bonds is 4. The van der Waals surface area contributed by atoms with Gasteiger partial charge in [-0.3, -0.25) is 19.8 Å². The fraction of sp³-hybridized carbons (Fsp3) is 0.500. The van der Waals surface area contributed by atoms with Gasteiger partial charge in [-0.1, -0.05) is 12.1 Å². The third-order valence-corrected chi connectivity index (χ3v) is 4.13. The first-order valence-electron chi connectivity index (χ1n) is 6.55. The molecule has 0 aromatic heterocycles. The Hall–Kier alpha value is -1.95. The summed E-state index contributed by atoms with van der Waals surface area (Å²) in [6, 6.07) is 6.49. The van der Waals surface area contributed by atoms with E-state index in [1.165, 1.54) is 6.07 Å². The SMILES string of the molecule is CC(c1cccc([N+](=O)[O-])c1)N1CCC(C)(C(=O)O)C1. The lowest BCUT2D eigenvalue weighted by atomic mass is 9.90. The van der Waals surface area contributed by atoms with E-state index < -0.39 is 16.3 Å². The van der Waals surface area contributed by atoms with E-state index in [0.717, 1.165) is 5.56 Å². The van der Waals surface area contributed by atoms with E-state index in [-0.39, 0.29) is 11.7 Å². The summed E-state index contributed by atoms with van der Waals surface area (Å²) in [5, 5.41) is 20.0. The summed E-state index contributed by atoms with van der Waals surface area (Å²) in [7, 11) is 0. The molecule has 0 aliphatic carbocycles. The normalized spacial score (nSPS) is 24.5. The molecule has 108 valence electrons. The van der Waals surface area contributed by atoms with Crippen molar-refractivity contribution in [2.24, 2.45) is 5.41 Å². The number of nitro benzene ring substituents is 1. The summed E-state index contributed by atoms with van der Waals surface area (Å²) in [5.41, 5.74) is 0.179. The zero-order valence-electron chi connectivity index (χ0n) is 11.6. The van der Waals surface area contributed by atoms with Gasteiger partial charge < -0.3 is 5.11 Å². The summed E-state index contributed by atoms with van der Waals surface area (Å²) < 4.78 is 0. The van der Waals surface area contributed by atoms with Gasteiger partial charge in [0.05, 0.1) is 10.3 Å². The number of nitro groups is 1. The Kier molecular flexibility index (Phi) is 3.76. The van der Waals surface area contributed by atoms with Crippen molar-refractivity contribution in [1.82, 2.24) is 4.90 Å². The molecule has 20 heavy (non-hydrogen) atoms. The summed E-state index contributed by atoms with van der Waals surface area (Å²) in [6.07, 6.45) is 0.599. The number of hydrogen-bond acceptors (Lipinski definition) is 4. The standard InChI is InChI=1S/C14H18N2O4/c1-10(11-4-3-5-12(8-11)16(19)20)15-7-6-14(2,9-15)13(17)18/h3-5,8,10H,6-7,9H2,1-2H3,(H,17,18). The van der Waals surface area contributed by atoms with Crippen LogP contribution in [0.5, 0.6) is 0 Å². The molecular formula is C14H18N2O4. The summed E-state index contributed by atoms with van der Waals surface area (Å²) in [6.45, 7) is 4.85. The first-order chi connectivity index (χ1) is 9.33. The van der Waals surface area contributed by atoms with Crippen molar-refractivity contribution < 1.29 is 14.8 Å². The lowest BCUT2D eigenvalue weighted by molar-refractivity contribution is -0.384. The lowest BCUT2D eigenvalue weighted by Gasteiger charge is -2.26. The van der Waals surface area contributed by atoms with E-state index in [4.69, 9.17) is 0 Å². The van der Waals surface area contributed by atoms with Gasteiger partial charge in [0.2, 0.25) is 0 Å². The average molecular weight is 278 g/mol. The number of likely N-dealkylation sites (tertiary alicyclic amines) is 1. The van der Waals surface area contributed by atoms with Crippen LogP contribution in [-0.4, -0.2) is 34.0 Å². The van der Waals surface area contributed by atoms with Crippen LogP contribution in [0.4, 0.5) is 5.69 Å². The molecule has 1 heterocycles. The topological polar surface area (TPSA) is 83.7 Å². The van der Waals surface area contributed by atoms with Crippen molar-refractivity contribution in [3.63, 3.8) is 0 Å². The van der Waals surface area contributed by atoms with E-state index in [2.05, 4.69) is 4.90 Å². The number of hydrogen-bond donors (Lipinski definition) is 1. The van der Waals surface area contributed by atoms with Crippen LogP contribution in [0.2, 0.25) is 0 Å². The number of non-ortho nitro benzene ring substituents is 1. The third-order valence-electron chi connectivity index (χ3n) is 4.13. The van der Waals surface area contributed by atoms with Crippen LogP contribution in [0, 0.1) is 15.5 Å². The van der Waals surface area contributed by atoms with Crippen LogP contribution >= 0.6 is 0 Å². The van der Waals surface area contributed by atoms with Crippen molar-refractivity contribution in [2.45, 2.75) is 26.3 Å². The first kappa shape index (κ1) is 14.5. The second-order valence-electron chi connectivity index (χ2n) is 5.61. The number of carbonyl (C=O) groups is 1. The maximum Gasteiger partial charge on any atom is 0.310 e. The molecule has 6 nitrogen and oxygen atoms in total. The Morgan fingerprint density at radius 1 is 1.55 bits per heavy atom. The molecule has 2 rings (SSSR count). The van der Waals surface area contributed by atoms with Gasteiger partial charge in [-0.15, -0.1) is 0 Å². The average Bonchev–Trinajstić information content (AvgIpc) is 2.82. The molecule has 1 aromatic rings. The number of benzene rings is 1. The van der Waals surface area contributed by atoms with Crippen molar-refractivity contribution in [2.75, 3.05) is 13.1 Å². The molecule has 0 spiro atoms. The predicted molar refractivity (Wildman–Crippen MR) is 73.4 cm³/mol. The van der Waals surface area contributed by atoms with Crippen molar-refractivity contribution in [3.05, 3.63) is 39.9 Å². The molecule has 1 aliphatic rings. The molecule has 6 heteroatoms. The van der Waals surface area contributed by atoms with Gasteiger partial charge in [0.25, 0.3) is 5.69 Å². The van der Waals surface area contributed by atoms with Crippen LogP contribution in [0.25, 0.3) is 0 Å². The van der Waals surface area contributed by atoms with Gasteiger partial charge >= 0.3 is 5.97 Å². The number of carboxylic acid groups (broad SMARTS) is 1. The predicted octanol–water partition coefficient (Wildman–Crippen LogP) is 2.45. The van der Waals surface area contributed by atoms with E-state index in [0.29, 0.717) is 19.5 Å². The van der Waals surface area contributed by atoms with Crippen molar-refractivity contribution in [1.29, 1.82) is 0 Å². The van der Waals surface area contributed by atoms with Gasteiger partial charge in [0.1, 0.15) is 0 Å². The third kappa shape index (κ3) is 2.65. The molecule has 1 N–H and O–H groups in total. The zero-order chi connectivity index (χ0) is 14.9. The smallest absolute Gasteiger partial charge is 0.310 e. The molecule has 0 amide bonds. The first-order valence-corrected chi connectivity index (χ1v) is 6.55. The van der Waals surface area contributed by atoms with E-state index in [9.17, 15) is 20.0 Å². The van der Waals surface area contributed by atoms with Gasteiger partial charge in [-0.2, -0.15) is 0 Å². The Labute approximate surface area is 117 Å². The highest BCUT2D eigenvalue weighted by Gasteiger charge is 2.41. The molecule has 0 radical (unpaired) electrons. The molecule has 2 unspecified atom stereocenters. The molecule has 0 saturated carbocycles. The van der Waals surface area contributed by atoms with Crippen LogP contribution in [0.3, 0.4) is 0 Å². The van der Waals surface area contributed by atoms with Gasteiger partial charge in [-0.25, -0.2) is 0 Å². The Morgan fingerprint density at radius 2 is 2.25 bits per heavy atom. The lowest BCUT2D eigenvalue weighted by Crippen LogP contribution is -2.32. The second-order valence-corrected chi connectivity index (χ2v) is 5.61. The fourth-order valence-corrected chi connectivity index (χ4v) is 2.61. The van der Waals surface area contributed by atoms with Crippen LogP contribution in [-0.2, 0) is 4.79 Å². The monoisotopic (exact) mass is 278 g/mol. The van der Waals surface area contributed by atoms with E-state index in [1.54, 1.807) is 19.1 Å². The molecular weight excluding hydrogens is 260 g/mol. The van der Waals surface area contributed by atoms with Crippen LogP contribution in [0.15, 0.2) is 24.3 Å².